The minimum absolute atomic E-state index is 0.327. The molecule has 0 spiro atoms. The van der Waals surface area contributed by atoms with Crippen LogP contribution in [0.25, 0.3) is 0 Å². The van der Waals surface area contributed by atoms with E-state index in [2.05, 4.69) is 24.4 Å². The first-order valence-corrected chi connectivity index (χ1v) is 5.94. The molecule has 3 nitrogen and oxygen atoms in total. The third-order valence-corrected chi connectivity index (χ3v) is 3.23. The Morgan fingerprint density at radius 1 is 1.47 bits per heavy atom. The zero-order valence-electron chi connectivity index (χ0n) is 9.89. The first kappa shape index (κ1) is 11.9. The van der Waals surface area contributed by atoms with Crippen molar-refractivity contribution in [2.75, 3.05) is 6.54 Å². The van der Waals surface area contributed by atoms with Crippen LogP contribution < -0.4 is 5.32 Å². The predicted octanol–water partition coefficient (Wildman–Crippen LogP) is 2.16. The van der Waals surface area contributed by atoms with E-state index in [1.165, 1.54) is 11.1 Å². The SMILES string of the molecule is CCC(C1=C[C@@H](C(=O)O)NC1)c1ccccc1. The van der Waals surface area contributed by atoms with Gasteiger partial charge in [-0.2, -0.15) is 0 Å². The van der Waals surface area contributed by atoms with Gasteiger partial charge >= 0.3 is 5.97 Å². The van der Waals surface area contributed by atoms with Crippen molar-refractivity contribution in [1.82, 2.24) is 5.32 Å². The summed E-state index contributed by atoms with van der Waals surface area (Å²) in [5, 5.41) is 11.9. The second-order valence-corrected chi connectivity index (χ2v) is 4.31. The fraction of sp³-hybridized carbons (Fsp3) is 0.357. The molecule has 0 aliphatic carbocycles. The van der Waals surface area contributed by atoms with Gasteiger partial charge in [-0.15, -0.1) is 0 Å². The van der Waals surface area contributed by atoms with Crippen LogP contribution >= 0.6 is 0 Å². The predicted molar refractivity (Wildman–Crippen MR) is 67.0 cm³/mol. The van der Waals surface area contributed by atoms with Crippen LogP contribution in [0.3, 0.4) is 0 Å². The van der Waals surface area contributed by atoms with Crippen LogP contribution in [0.5, 0.6) is 0 Å². The summed E-state index contributed by atoms with van der Waals surface area (Å²) in [5.41, 5.74) is 2.44. The minimum atomic E-state index is -0.803. The highest BCUT2D eigenvalue weighted by Crippen LogP contribution is 2.29. The number of carbonyl (C=O) groups is 1. The molecule has 90 valence electrons. The highest BCUT2D eigenvalue weighted by Gasteiger charge is 2.25. The van der Waals surface area contributed by atoms with Gasteiger partial charge in [0.05, 0.1) is 0 Å². The Kier molecular flexibility index (Phi) is 3.59. The number of aliphatic carboxylic acids is 1. The standard InChI is InChI=1S/C14H17NO2/c1-2-12(10-6-4-3-5-7-10)11-8-13(14(16)17)15-9-11/h3-8,12-13,15H,2,9H2,1H3,(H,16,17)/t12?,13-/m0/s1. The van der Waals surface area contributed by atoms with E-state index in [4.69, 9.17) is 5.11 Å². The van der Waals surface area contributed by atoms with Crippen molar-refractivity contribution in [1.29, 1.82) is 0 Å². The number of carboxylic acid groups (broad SMARTS) is 1. The molecule has 0 radical (unpaired) electrons. The second-order valence-electron chi connectivity index (χ2n) is 4.31. The Morgan fingerprint density at radius 3 is 2.71 bits per heavy atom. The lowest BCUT2D eigenvalue weighted by Gasteiger charge is -2.16. The van der Waals surface area contributed by atoms with Crippen molar-refractivity contribution < 1.29 is 9.90 Å². The normalized spacial score (nSPS) is 21.0. The summed E-state index contributed by atoms with van der Waals surface area (Å²) in [6.07, 6.45) is 2.84. The lowest BCUT2D eigenvalue weighted by atomic mass is 9.89. The second kappa shape index (κ2) is 5.15. The van der Waals surface area contributed by atoms with Crippen molar-refractivity contribution >= 4 is 5.97 Å². The van der Waals surface area contributed by atoms with Crippen LogP contribution in [0.15, 0.2) is 42.0 Å². The molecule has 0 saturated heterocycles. The molecule has 0 saturated carbocycles. The topological polar surface area (TPSA) is 49.3 Å². The maximum atomic E-state index is 10.9. The average Bonchev–Trinajstić information content (AvgIpc) is 2.81. The van der Waals surface area contributed by atoms with Crippen molar-refractivity contribution in [3.8, 4) is 0 Å². The Morgan fingerprint density at radius 2 is 2.18 bits per heavy atom. The molecule has 0 fully saturated rings. The van der Waals surface area contributed by atoms with E-state index in [-0.39, 0.29) is 0 Å². The maximum Gasteiger partial charge on any atom is 0.324 e. The molecule has 1 aliphatic rings. The molecular formula is C14H17NO2. The van der Waals surface area contributed by atoms with Crippen molar-refractivity contribution in [2.24, 2.45) is 0 Å². The van der Waals surface area contributed by atoms with Gasteiger partial charge in [-0.25, -0.2) is 0 Å². The largest absolute Gasteiger partial charge is 0.480 e. The van der Waals surface area contributed by atoms with E-state index in [1.54, 1.807) is 0 Å². The van der Waals surface area contributed by atoms with E-state index in [0.29, 0.717) is 12.5 Å². The maximum absolute atomic E-state index is 10.9. The van der Waals surface area contributed by atoms with E-state index >= 15 is 0 Å². The van der Waals surface area contributed by atoms with E-state index in [1.807, 2.05) is 24.3 Å². The molecule has 0 amide bonds. The highest BCUT2D eigenvalue weighted by molar-refractivity contribution is 5.77. The van der Waals surface area contributed by atoms with E-state index in [0.717, 1.165) is 6.42 Å². The van der Waals surface area contributed by atoms with Crippen LogP contribution in [0.2, 0.25) is 0 Å². The Labute approximate surface area is 101 Å². The van der Waals surface area contributed by atoms with Crippen LogP contribution in [-0.2, 0) is 4.79 Å². The summed E-state index contributed by atoms with van der Waals surface area (Å²) < 4.78 is 0. The summed E-state index contributed by atoms with van der Waals surface area (Å²) >= 11 is 0. The van der Waals surface area contributed by atoms with Gasteiger partial charge in [-0.05, 0) is 12.0 Å². The van der Waals surface area contributed by atoms with Crippen LogP contribution in [-0.4, -0.2) is 23.7 Å². The zero-order chi connectivity index (χ0) is 12.3. The number of rotatable bonds is 4. The van der Waals surface area contributed by atoms with Gasteiger partial charge in [0.2, 0.25) is 0 Å². The van der Waals surface area contributed by atoms with Gasteiger partial charge < -0.3 is 5.11 Å². The highest BCUT2D eigenvalue weighted by atomic mass is 16.4. The summed E-state index contributed by atoms with van der Waals surface area (Å²) in [7, 11) is 0. The third kappa shape index (κ3) is 2.56. The van der Waals surface area contributed by atoms with Crippen molar-refractivity contribution in [2.45, 2.75) is 25.3 Å². The molecule has 1 aliphatic heterocycles. The number of nitrogens with one attached hydrogen (secondary N) is 1. The number of hydrogen-bond donors (Lipinski definition) is 2. The molecule has 2 N–H and O–H groups in total. The van der Waals surface area contributed by atoms with Gasteiger partial charge in [0, 0.05) is 12.5 Å². The molecular weight excluding hydrogens is 214 g/mol. The molecule has 0 bridgehead atoms. The van der Waals surface area contributed by atoms with Gasteiger partial charge in [0.1, 0.15) is 6.04 Å². The van der Waals surface area contributed by atoms with E-state index in [9.17, 15) is 4.79 Å². The van der Waals surface area contributed by atoms with Crippen LogP contribution in [0, 0.1) is 0 Å². The first-order valence-electron chi connectivity index (χ1n) is 5.94. The molecule has 1 unspecified atom stereocenters. The molecule has 17 heavy (non-hydrogen) atoms. The first-order chi connectivity index (χ1) is 8.22. The summed E-state index contributed by atoms with van der Waals surface area (Å²) in [5.74, 6) is -0.476. The van der Waals surface area contributed by atoms with E-state index < -0.39 is 12.0 Å². The minimum Gasteiger partial charge on any atom is -0.480 e. The van der Waals surface area contributed by atoms with Gasteiger partial charge in [0.25, 0.3) is 0 Å². The molecule has 1 aromatic rings. The molecule has 1 aromatic carbocycles. The Balaban J connectivity index is 2.21. The summed E-state index contributed by atoms with van der Waals surface area (Å²) in [6.45, 7) is 2.80. The number of benzene rings is 1. The van der Waals surface area contributed by atoms with Crippen molar-refractivity contribution in [3.63, 3.8) is 0 Å². The molecule has 2 rings (SSSR count). The number of hydrogen-bond acceptors (Lipinski definition) is 2. The smallest absolute Gasteiger partial charge is 0.324 e. The van der Waals surface area contributed by atoms with Gasteiger partial charge in [0.15, 0.2) is 0 Å². The molecule has 2 atom stereocenters. The Bertz CT molecular complexity index is 425. The lowest BCUT2D eigenvalue weighted by Crippen LogP contribution is -2.30. The molecule has 0 aromatic heterocycles. The lowest BCUT2D eigenvalue weighted by molar-refractivity contribution is -0.137. The van der Waals surface area contributed by atoms with Gasteiger partial charge in [-0.1, -0.05) is 48.9 Å². The average molecular weight is 231 g/mol. The molecule has 3 heteroatoms. The Hall–Kier alpha value is -1.61. The zero-order valence-corrected chi connectivity index (χ0v) is 9.89. The van der Waals surface area contributed by atoms with Crippen molar-refractivity contribution in [3.05, 3.63) is 47.5 Å². The number of carboxylic acids is 1. The summed E-state index contributed by atoms with van der Waals surface area (Å²) in [4.78, 5) is 10.9. The monoisotopic (exact) mass is 231 g/mol. The van der Waals surface area contributed by atoms with Crippen LogP contribution in [0.1, 0.15) is 24.8 Å². The molecule has 1 heterocycles. The fourth-order valence-corrected chi connectivity index (χ4v) is 2.36. The fourth-order valence-electron chi connectivity index (χ4n) is 2.36. The van der Waals surface area contributed by atoms with Gasteiger partial charge in [-0.3, -0.25) is 10.1 Å². The van der Waals surface area contributed by atoms with Crippen LogP contribution in [0.4, 0.5) is 0 Å². The quantitative estimate of drug-likeness (QED) is 0.781. The third-order valence-electron chi connectivity index (χ3n) is 3.23. The summed E-state index contributed by atoms with van der Waals surface area (Å²) in [6, 6.07) is 9.72.